The van der Waals surface area contributed by atoms with E-state index in [1.165, 1.54) is 32.4 Å². The van der Waals surface area contributed by atoms with Crippen molar-refractivity contribution in [3.63, 3.8) is 0 Å². The number of methoxy groups -OCH3 is 2. The summed E-state index contributed by atoms with van der Waals surface area (Å²) in [5.41, 5.74) is 1.08. The minimum Gasteiger partial charge on any atom is -0.497 e. The molecule has 1 aliphatic rings. The first kappa shape index (κ1) is 23.5. The number of ether oxygens (including phenoxy) is 4. The van der Waals surface area contributed by atoms with E-state index >= 15 is 0 Å². The van der Waals surface area contributed by atoms with Crippen molar-refractivity contribution in [2.24, 2.45) is 0 Å². The van der Waals surface area contributed by atoms with E-state index in [1.807, 2.05) is 42.5 Å². The predicted molar refractivity (Wildman–Crippen MR) is 143 cm³/mol. The van der Waals surface area contributed by atoms with E-state index in [0.29, 0.717) is 6.61 Å². The first-order valence-electron chi connectivity index (χ1n) is 12.1. The fourth-order valence-electron chi connectivity index (χ4n) is 4.41. The topological polar surface area (TPSA) is 40.2 Å². The number of likely N-dealkylation sites (tertiary alicyclic amines) is 1. The van der Waals surface area contributed by atoms with Crippen LogP contribution in [-0.2, 0) is 0 Å². The first-order valence-corrected chi connectivity index (χ1v) is 12.9. The van der Waals surface area contributed by atoms with Crippen LogP contribution in [0.2, 0.25) is 0 Å². The van der Waals surface area contributed by atoms with E-state index in [1.54, 1.807) is 25.6 Å². The molecule has 2 heterocycles. The smallest absolute Gasteiger partial charge is 0.153 e. The van der Waals surface area contributed by atoms with Crippen molar-refractivity contribution in [2.75, 3.05) is 40.5 Å². The number of nitrogens with zero attached hydrogens (tertiary/aromatic N) is 1. The van der Waals surface area contributed by atoms with Gasteiger partial charge in [0.25, 0.3) is 0 Å². The highest BCUT2D eigenvalue weighted by atomic mass is 32.1. The van der Waals surface area contributed by atoms with Crippen LogP contribution in [0.5, 0.6) is 28.7 Å². The third-order valence-corrected chi connectivity index (χ3v) is 7.56. The molecule has 1 saturated heterocycles. The third kappa shape index (κ3) is 5.55. The second-order valence-corrected chi connectivity index (χ2v) is 9.73. The molecule has 35 heavy (non-hydrogen) atoms. The lowest BCUT2D eigenvalue weighted by Crippen LogP contribution is -2.33. The van der Waals surface area contributed by atoms with Crippen molar-refractivity contribution in [3.05, 3.63) is 66.7 Å². The minimum atomic E-state index is 0.707. The molecule has 0 saturated carbocycles. The highest BCUT2D eigenvalue weighted by Gasteiger charge is 2.17. The van der Waals surface area contributed by atoms with Gasteiger partial charge >= 0.3 is 0 Å². The Kier molecular flexibility index (Phi) is 7.40. The van der Waals surface area contributed by atoms with Crippen LogP contribution in [-0.4, -0.2) is 45.4 Å². The average molecular weight is 490 g/mol. The Labute approximate surface area is 210 Å². The summed E-state index contributed by atoms with van der Waals surface area (Å²) in [6, 6.07) is 22.1. The molecule has 4 aromatic rings. The molecule has 1 fully saturated rings. The van der Waals surface area contributed by atoms with Gasteiger partial charge in [0.15, 0.2) is 5.75 Å². The van der Waals surface area contributed by atoms with Gasteiger partial charge in [0.05, 0.1) is 19.1 Å². The third-order valence-electron chi connectivity index (χ3n) is 6.37. The van der Waals surface area contributed by atoms with Gasteiger partial charge in [0, 0.05) is 16.6 Å². The van der Waals surface area contributed by atoms with E-state index in [0.717, 1.165) is 55.8 Å². The van der Waals surface area contributed by atoms with Crippen LogP contribution < -0.4 is 18.9 Å². The lowest BCUT2D eigenvalue weighted by atomic mass is 10.1. The summed E-state index contributed by atoms with van der Waals surface area (Å²) in [7, 11) is 3.36. The molecule has 6 heteroatoms. The number of thiophene rings is 1. The Morgan fingerprint density at radius 3 is 2.11 bits per heavy atom. The van der Waals surface area contributed by atoms with E-state index in [-0.39, 0.29) is 0 Å². The normalized spacial score (nSPS) is 14.1. The molecular weight excluding hydrogens is 458 g/mol. The van der Waals surface area contributed by atoms with Crippen LogP contribution in [0.4, 0.5) is 0 Å². The number of benzene rings is 3. The molecule has 0 bridgehead atoms. The van der Waals surface area contributed by atoms with Gasteiger partial charge in [-0.1, -0.05) is 6.42 Å². The second kappa shape index (κ2) is 11.0. The van der Waals surface area contributed by atoms with Gasteiger partial charge in [-0.2, -0.15) is 0 Å². The first-order chi connectivity index (χ1) is 17.2. The minimum absolute atomic E-state index is 0.707. The molecule has 1 aliphatic heterocycles. The van der Waals surface area contributed by atoms with Crippen LogP contribution in [0.15, 0.2) is 66.7 Å². The second-order valence-electron chi connectivity index (χ2n) is 8.68. The molecule has 0 atom stereocenters. The van der Waals surface area contributed by atoms with Crippen LogP contribution in [0.25, 0.3) is 20.5 Å². The zero-order valence-electron chi connectivity index (χ0n) is 20.3. The van der Waals surface area contributed by atoms with Gasteiger partial charge in [0.1, 0.15) is 29.6 Å². The van der Waals surface area contributed by atoms with Crippen LogP contribution in [0, 0.1) is 0 Å². The molecule has 5 rings (SSSR count). The van der Waals surface area contributed by atoms with Gasteiger partial charge in [-0.3, -0.25) is 4.90 Å². The monoisotopic (exact) mass is 489 g/mol. The summed E-state index contributed by atoms with van der Waals surface area (Å²) in [5, 5.41) is 1.06. The number of piperidine rings is 1. The summed E-state index contributed by atoms with van der Waals surface area (Å²) in [6.07, 6.45) is 3.95. The molecular formula is C29H31NO4S. The summed E-state index contributed by atoms with van der Waals surface area (Å²) in [5.74, 6) is 4.15. The molecule has 0 amide bonds. The number of rotatable bonds is 9. The summed E-state index contributed by atoms with van der Waals surface area (Å²) >= 11 is 1.69. The molecule has 0 spiro atoms. The van der Waals surface area contributed by atoms with Crippen molar-refractivity contribution in [2.45, 2.75) is 19.3 Å². The van der Waals surface area contributed by atoms with Gasteiger partial charge in [0.2, 0.25) is 0 Å². The molecule has 0 N–H and O–H groups in total. The molecule has 5 nitrogen and oxygen atoms in total. The van der Waals surface area contributed by atoms with Gasteiger partial charge in [-0.25, -0.2) is 0 Å². The molecule has 1 aromatic heterocycles. The standard InChI is InChI=1S/C29H31NO4S/c1-31-22-8-6-21(7-9-22)29-28(26-15-14-25(32-2)20-27(26)35-29)34-24-12-10-23(11-13-24)33-19-18-30-16-4-3-5-17-30/h6-15,20H,3-5,16-19H2,1-2H3. The Balaban J connectivity index is 1.35. The maximum Gasteiger partial charge on any atom is 0.153 e. The maximum atomic E-state index is 6.48. The van der Waals surface area contributed by atoms with Crippen molar-refractivity contribution < 1.29 is 18.9 Å². The highest BCUT2D eigenvalue weighted by molar-refractivity contribution is 7.22. The SMILES string of the molecule is COc1ccc(-c2sc3cc(OC)ccc3c2Oc2ccc(OCCN3CCCCC3)cc2)cc1. The number of hydrogen-bond acceptors (Lipinski definition) is 6. The van der Waals surface area contributed by atoms with Gasteiger partial charge < -0.3 is 18.9 Å². The van der Waals surface area contributed by atoms with Crippen molar-refractivity contribution in [1.82, 2.24) is 4.90 Å². The van der Waals surface area contributed by atoms with E-state index in [9.17, 15) is 0 Å². The van der Waals surface area contributed by atoms with Crippen LogP contribution in [0.1, 0.15) is 19.3 Å². The Morgan fingerprint density at radius 2 is 1.40 bits per heavy atom. The highest BCUT2D eigenvalue weighted by Crippen LogP contribution is 2.47. The fraction of sp³-hybridized carbons (Fsp3) is 0.310. The quantitative estimate of drug-likeness (QED) is 0.248. The van der Waals surface area contributed by atoms with Gasteiger partial charge in [-0.15, -0.1) is 11.3 Å². The lowest BCUT2D eigenvalue weighted by Gasteiger charge is -2.26. The molecule has 182 valence electrons. The van der Waals surface area contributed by atoms with Crippen molar-refractivity contribution >= 4 is 21.4 Å². The maximum absolute atomic E-state index is 6.48. The van der Waals surface area contributed by atoms with E-state index < -0.39 is 0 Å². The summed E-state index contributed by atoms with van der Waals surface area (Å²) < 4.78 is 24.4. The largest absolute Gasteiger partial charge is 0.497 e. The van der Waals surface area contributed by atoms with Gasteiger partial charge in [-0.05, 0) is 98.2 Å². The molecule has 0 unspecified atom stereocenters. The molecule has 3 aromatic carbocycles. The zero-order valence-corrected chi connectivity index (χ0v) is 21.1. The molecule has 0 aliphatic carbocycles. The van der Waals surface area contributed by atoms with Crippen molar-refractivity contribution in [3.8, 4) is 39.2 Å². The average Bonchev–Trinajstić information content (AvgIpc) is 3.27. The predicted octanol–water partition coefficient (Wildman–Crippen LogP) is 7.24. The number of hydrogen-bond donors (Lipinski definition) is 0. The Hall–Kier alpha value is -3.22. The van der Waals surface area contributed by atoms with E-state index in [2.05, 4.69) is 29.2 Å². The van der Waals surface area contributed by atoms with E-state index in [4.69, 9.17) is 18.9 Å². The Morgan fingerprint density at radius 1 is 0.743 bits per heavy atom. The van der Waals surface area contributed by atoms with Crippen molar-refractivity contribution in [1.29, 1.82) is 0 Å². The Bertz CT molecular complexity index is 1240. The summed E-state index contributed by atoms with van der Waals surface area (Å²) in [4.78, 5) is 3.55. The summed E-state index contributed by atoms with van der Waals surface area (Å²) in [6.45, 7) is 4.06. The fourth-order valence-corrected chi connectivity index (χ4v) is 5.58. The number of fused-ring (bicyclic) bond motifs is 1. The van der Waals surface area contributed by atoms with Crippen LogP contribution >= 0.6 is 11.3 Å². The lowest BCUT2D eigenvalue weighted by molar-refractivity contribution is 0.183. The zero-order chi connectivity index (χ0) is 24.0. The molecule has 0 radical (unpaired) electrons. The van der Waals surface area contributed by atoms with Crippen LogP contribution in [0.3, 0.4) is 0 Å².